The van der Waals surface area contributed by atoms with E-state index in [-0.39, 0.29) is 23.1 Å². The number of carboxylic acid groups (broad SMARTS) is 1. The van der Waals surface area contributed by atoms with Crippen molar-refractivity contribution in [1.29, 1.82) is 0 Å². The normalized spacial score (nSPS) is 8.86. The first-order chi connectivity index (χ1) is 6.02. The van der Waals surface area contributed by atoms with Crippen LogP contribution in [-0.2, 0) is 0 Å². The number of nitrogen functional groups attached to an aromatic ring is 1. The van der Waals surface area contributed by atoms with Crippen LogP contribution in [0.2, 0.25) is 0 Å². The maximum absolute atomic E-state index is 10.4. The molecular formula is C7H10N3O4+. The SMILES string of the molecule is Nc1ccc(C(=O)O)cc1[N+](=O)[O-].[NH4+]. The number of hydrogen-bond acceptors (Lipinski definition) is 4. The number of aromatic carboxylic acids is 1. The summed E-state index contributed by atoms with van der Waals surface area (Å²) in [4.78, 5) is 20.0. The quantitative estimate of drug-likeness (QED) is 0.374. The van der Waals surface area contributed by atoms with Crippen LogP contribution >= 0.6 is 0 Å². The first-order valence-corrected chi connectivity index (χ1v) is 3.29. The van der Waals surface area contributed by atoms with Crippen LogP contribution in [-0.4, -0.2) is 16.0 Å². The number of nitro benzene ring substituents is 1. The molecule has 0 saturated heterocycles. The lowest BCUT2D eigenvalue weighted by Crippen LogP contribution is -2.00. The highest BCUT2D eigenvalue weighted by molar-refractivity contribution is 5.89. The van der Waals surface area contributed by atoms with Gasteiger partial charge in [-0.3, -0.25) is 10.1 Å². The van der Waals surface area contributed by atoms with Crippen molar-refractivity contribution in [3.8, 4) is 0 Å². The van der Waals surface area contributed by atoms with E-state index < -0.39 is 10.9 Å². The minimum Gasteiger partial charge on any atom is -0.478 e. The number of benzene rings is 1. The molecule has 1 aromatic rings. The summed E-state index contributed by atoms with van der Waals surface area (Å²) in [7, 11) is 0. The fraction of sp³-hybridized carbons (Fsp3) is 0. The molecule has 0 fully saturated rings. The molecular weight excluding hydrogens is 190 g/mol. The van der Waals surface area contributed by atoms with Crippen molar-refractivity contribution >= 4 is 17.3 Å². The second-order valence-corrected chi connectivity index (χ2v) is 2.34. The second kappa shape index (κ2) is 4.19. The van der Waals surface area contributed by atoms with Gasteiger partial charge in [0.25, 0.3) is 5.69 Å². The Kier molecular flexibility index (Phi) is 3.55. The summed E-state index contributed by atoms with van der Waals surface area (Å²) in [5.74, 6) is -1.22. The molecule has 7 N–H and O–H groups in total. The van der Waals surface area contributed by atoms with Crippen LogP contribution in [0.15, 0.2) is 18.2 Å². The summed E-state index contributed by atoms with van der Waals surface area (Å²) in [5.41, 5.74) is 4.67. The highest BCUT2D eigenvalue weighted by Crippen LogP contribution is 2.21. The van der Waals surface area contributed by atoms with E-state index in [1.165, 1.54) is 12.1 Å². The molecule has 76 valence electrons. The van der Waals surface area contributed by atoms with Gasteiger partial charge >= 0.3 is 5.97 Å². The summed E-state index contributed by atoms with van der Waals surface area (Å²) in [5, 5.41) is 18.8. The Hall–Kier alpha value is -2.15. The largest absolute Gasteiger partial charge is 0.478 e. The number of carbonyl (C=O) groups is 1. The standard InChI is InChI=1S/C7H6N2O4.H3N/c8-5-2-1-4(7(10)11)3-6(5)9(12)13;/h1-3H,8H2,(H,10,11);1H3/p+1. The molecule has 0 aliphatic carbocycles. The third-order valence-electron chi connectivity index (χ3n) is 1.47. The molecule has 14 heavy (non-hydrogen) atoms. The van der Waals surface area contributed by atoms with Gasteiger partial charge in [-0.25, -0.2) is 4.79 Å². The van der Waals surface area contributed by atoms with Gasteiger partial charge in [-0.15, -0.1) is 0 Å². The Morgan fingerprint density at radius 1 is 1.50 bits per heavy atom. The van der Waals surface area contributed by atoms with Crippen LogP contribution in [0, 0.1) is 10.1 Å². The Morgan fingerprint density at radius 3 is 2.50 bits per heavy atom. The van der Waals surface area contributed by atoms with Crippen LogP contribution in [0.25, 0.3) is 0 Å². The molecule has 0 saturated carbocycles. The maximum Gasteiger partial charge on any atom is 0.335 e. The van der Waals surface area contributed by atoms with Gasteiger partial charge in [0.2, 0.25) is 0 Å². The number of hydrogen-bond donors (Lipinski definition) is 3. The minimum atomic E-state index is -1.22. The highest BCUT2D eigenvalue weighted by Gasteiger charge is 2.14. The number of rotatable bonds is 2. The van der Waals surface area contributed by atoms with Crippen LogP contribution in [0.4, 0.5) is 11.4 Å². The van der Waals surface area contributed by atoms with Gasteiger partial charge in [-0.1, -0.05) is 0 Å². The predicted molar refractivity (Wildman–Crippen MR) is 50.5 cm³/mol. The molecule has 1 aromatic carbocycles. The summed E-state index contributed by atoms with van der Waals surface area (Å²) >= 11 is 0. The lowest BCUT2D eigenvalue weighted by molar-refractivity contribution is -0.383. The number of anilines is 1. The number of carboxylic acids is 1. The van der Waals surface area contributed by atoms with Gasteiger partial charge in [-0.2, -0.15) is 0 Å². The van der Waals surface area contributed by atoms with Gasteiger partial charge in [0, 0.05) is 6.07 Å². The zero-order valence-electron chi connectivity index (χ0n) is 7.43. The van der Waals surface area contributed by atoms with E-state index in [1.54, 1.807) is 0 Å². The van der Waals surface area contributed by atoms with Crippen molar-refractivity contribution in [3.05, 3.63) is 33.9 Å². The van der Waals surface area contributed by atoms with Crippen molar-refractivity contribution in [2.24, 2.45) is 0 Å². The third kappa shape index (κ3) is 2.17. The number of nitrogens with zero attached hydrogens (tertiary/aromatic N) is 1. The smallest absolute Gasteiger partial charge is 0.335 e. The topological polar surface area (TPSA) is 143 Å². The van der Waals surface area contributed by atoms with E-state index in [4.69, 9.17) is 10.8 Å². The van der Waals surface area contributed by atoms with E-state index in [0.717, 1.165) is 6.07 Å². The molecule has 0 heterocycles. The van der Waals surface area contributed by atoms with Gasteiger partial charge in [0.15, 0.2) is 0 Å². The highest BCUT2D eigenvalue weighted by atomic mass is 16.6. The van der Waals surface area contributed by atoms with E-state index >= 15 is 0 Å². The molecule has 0 bridgehead atoms. The van der Waals surface area contributed by atoms with Crippen LogP contribution in [0.5, 0.6) is 0 Å². The average molecular weight is 200 g/mol. The van der Waals surface area contributed by atoms with Gasteiger partial charge < -0.3 is 17.0 Å². The van der Waals surface area contributed by atoms with E-state index in [2.05, 4.69) is 0 Å². The lowest BCUT2D eigenvalue weighted by atomic mass is 10.2. The molecule has 0 radical (unpaired) electrons. The molecule has 0 amide bonds. The number of nitrogens with two attached hydrogens (primary N) is 1. The fourth-order valence-corrected chi connectivity index (χ4v) is 0.835. The van der Waals surface area contributed by atoms with Gasteiger partial charge in [0.1, 0.15) is 5.69 Å². The molecule has 0 spiro atoms. The molecule has 0 aliphatic rings. The lowest BCUT2D eigenvalue weighted by Gasteiger charge is -1.97. The molecule has 7 nitrogen and oxygen atoms in total. The van der Waals surface area contributed by atoms with Crippen molar-refractivity contribution < 1.29 is 14.8 Å². The zero-order chi connectivity index (χ0) is 10.0. The predicted octanol–water partition coefficient (Wildman–Crippen LogP) is 1.25. The summed E-state index contributed by atoms with van der Waals surface area (Å²) in [6.45, 7) is 0. The molecule has 0 unspecified atom stereocenters. The fourth-order valence-electron chi connectivity index (χ4n) is 0.835. The molecule has 0 aliphatic heterocycles. The van der Waals surface area contributed by atoms with E-state index in [1.807, 2.05) is 0 Å². The monoisotopic (exact) mass is 200 g/mol. The maximum atomic E-state index is 10.4. The van der Waals surface area contributed by atoms with Crippen LogP contribution in [0.3, 0.4) is 0 Å². The molecule has 7 heteroatoms. The third-order valence-corrected chi connectivity index (χ3v) is 1.47. The van der Waals surface area contributed by atoms with E-state index in [0.29, 0.717) is 0 Å². The van der Waals surface area contributed by atoms with Gasteiger partial charge in [0.05, 0.1) is 10.5 Å². The Balaban J connectivity index is 0.00000169. The number of quaternary nitrogens is 1. The van der Waals surface area contributed by atoms with E-state index in [9.17, 15) is 14.9 Å². The van der Waals surface area contributed by atoms with Crippen molar-refractivity contribution in [1.82, 2.24) is 6.15 Å². The Bertz CT molecular complexity index is 377. The average Bonchev–Trinajstić information content (AvgIpc) is 2.04. The Morgan fingerprint density at radius 2 is 2.07 bits per heavy atom. The van der Waals surface area contributed by atoms with Gasteiger partial charge in [-0.05, 0) is 12.1 Å². The number of nitro groups is 1. The minimum absolute atomic E-state index is 0. The van der Waals surface area contributed by atoms with Crippen LogP contribution < -0.4 is 11.9 Å². The summed E-state index contributed by atoms with van der Waals surface area (Å²) < 4.78 is 0. The van der Waals surface area contributed by atoms with Crippen molar-refractivity contribution in [2.75, 3.05) is 5.73 Å². The Labute approximate surface area is 78.9 Å². The second-order valence-electron chi connectivity index (χ2n) is 2.34. The molecule has 0 atom stereocenters. The first kappa shape index (κ1) is 11.8. The molecule has 0 aromatic heterocycles. The first-order valence-electron chi connectivity index (χ1n) is 3.29. The van der Waals surface area contributed by atoms with Crippen molar-refractivity contribution in [2.45, 2.75) is 0 Å². The van der Waals surface area contributed by atoms with Crippen molar-refractivity contribution in [3.63, 3.8) is 0 Å². The summed E-state index contributed by atoms with van der Waals surface area (Å²) in [6.07, 6.45) is 0. The molecule has 1 rings (SSSR count). The summed E-state index contributed by atoms with van der Waals surface area (Å²) in [6, 6.07) is 3.34. The van der Waals surface area contributed by atoms with Crippen LogP contribution in [0.1, 0.15) is 10.4 Å². The zero-order valence-corrected chi connectivity index (χ0v) is 7.43.